The summed E-state index contributed by atoms with van der Waals surface area (Å²) in [6.07, 6.45) is 1.08. The molecule has 2 fully saturated rings. The summed E-state index contributed by atoms with van der Waals surface area (Å²) in [5.41, 5.74) is 1.19. The highest BCUT2D eigenvalue weighted by Gasteiger charge is 2.30. The van der Waals surface area contributed by atoms with Gasteiger partial charge in [-0.3, -0.25) is 4.90 Å². The van der Waals surface area contributed by atoms with Gasteiger partial charge in [0.1, 0.15) is 0 Å². The van der Waals surface area contributed by atoms with Crippen LogP contribution in [0.3, 0.4) is 0 Å². The molecule has 0 radical (unpaired) electrons. The van der Waals surface area contributed by atoms with Gasteiger partial charge in [0.25, 0.3) is 0 Å². The molecule has 0 aliphatic carbocycles. The molecule has 6 heteroatoms. The van der Waals surface area contributed by atoms with Crippen LogP contribution in [0.15, 0.2) is 22.7 Å². The number of benzene rings is 1. The second kappa shape index (κ2) is 6.34. The molecule has 1 aromatic carbocycles. The minimum absolute atomic E-state index is 0.368. The third-order valence-electron chi connectivity index (χ3n) is 4.26. The zero-order valence-electron chi connectivity index (χ0n) is 11.8. The van der Waals surface area contributed by atoms with Crippen LogP contribution in [0.5, 0.6) is 0 Å². The van der Waals surface area contributed by atoms with E-state index in [2.05, 4.69) is 25.7 Å². The number of anilines is 1. The van der Waals surface area contributed by atoms with Crippen LogP contribution in [0.1, 0.15) is 16.8 Å². The van der Waals surface area contributed by atoms with E-state index in [1.165, 1.54) is 0 Å². The van der Waals surface area contributed by atoms with E-state index in [1.54, 1.807) is 6.07 Å². The van der Waals surface area contributed by atoms with Crippen LogP contribution in [-0.4, -0.2) is 61.4 Å². The Labute approximate surface area is 132 Å². The van der Waals surface area contributed by atoms with Gasteiger partial charge in [-0.15, -0.1) is 0 Å². The Balaban J connectivity index is 1.75. The largest absolute Gasteiger partial charge is 0.478 e. The Morgan fingerprint density at radius 1 is 1.29 bits per heavy atom. The third kappa shape index (κ3) is 3.22. The summed E-state index contributed by atoms with van der Waals surface area (Å²) in [6, 6.07) is 5.98. The van der Waals surface area contributed by atoms with Gasteiger partial charge in [-0.2, -0.15) is 0 Å². The number of carboxylic acids is 1. The summed E-state index contributed by atoms with van der Waals surface area (Å²) in [6.45, 7) is 5.35. The zero-order chi connectivity index (χ0) is 14.8. The Morgan fingerprint density at radius 3 is 2.76 bits per heavy atom. The van der Waals surface area contributed by atoms with E-state index in [0.29, 0.717) is 11.6 Å². The number of halogens is 1. The number of carbonyl (C=O) groups is 1. The van der Waals surface area contributed by atoms with Gasteiger partial charge in [0.15, 0.2) is 0 Å². The van der Waals surface area contributed by atoms with E-state index < -0.39 is 5.97 Å². The number of ether oxygens (including phenoxy) is 1. The summed E-state index contributed by atoms with van der Waals surface area (Å²) >= 11 is 3.34. The highest BCUT2D eigenvalue weighted by molar-refractivity contribution is 9.10. The lowest BCUT2D eigenvalue weighted by atomic mass is 10.1. The fraction of sp³-hybridized carbons (Fsp3) is 0.533. The monoisotopic (exact) mass is 354 g/mol. The van der Waals surface area contributed by atoms with Crippen molar-refractivity contribution in [2.75, 3.05) is 44.3 Å². The van der Waals surface area contributed by atoms with Gasteiger partial charge in [-0.1, -0.05) is 15.9 Å². The Hall–Kier alpha value is -1.11. The molecular formula is C15H19BrN2O3. The van der Waals surface area contributed by atoms with Crippen molar-refractivity contribution in [3.63, 3.8) is 0 Å². The molecule has 0 amide bonds. The second-order valence-electron chi connectivity index (χ2n) is 5.50. The molecule has 1 aromatic rings. The summed E-state index contributed by atoms with van der Waals surface area (Å²) in [7, 11) is 0. The molecule has 2 aliphatic rings. The van der Waals surface area contributed by atoms with Crippen molar-refractivity contribution in [1.29, 1.82) is 0 Å². The molecule has 3 rings (SSSR count). The lowest BCUT2D eigenvalue weighted by Crippen LogP contribution is -2.44. The molecule has 0 spiro atoms. The van der Waals surface area contributed by atoms with Crippen molar-refractivity contribution in [1.82, 2.24) is 4.90 Å². The molecular weight excluding hydrogens is 336 g/mol. The van der Waals surface area contributed by atoms with Crippen molar-refractivity contribution in [3.8, 4) is 0 Å². The minimum Gasteiger partial charge on any atom is -0.478 e. The van der Waals surface area contributed by atoms with E-state index in [0.717, 1.165) is 56.0 Å². The van der Waals surface area contributed by atoms with Crippen molar-refractivity contribution in [2.24, 2.45) is 0 Å². The average Bonchev–Trinajstić information content (AvgIpc) is 2.97. The number of nitrogens with zero attached hydrogens (tertiary/aromatic N) is 2. The first-order valence-electron chi connectivity index (χ1n) is 7.25. The van der Waals surface area contributed by atoms with Gasteiger partial charge >= 0.3 is 5.97 Å². The van der Waals surface area contributed by atoms with Gasteiger partial charge in [0, 0.05) is 36.7 Å². The maximum atomic E-state index is 11.4. The van der Waals surface area contributed by atoms with Crippen molar-refractivity contribution < 1.29 is 14.6 Å². The van der Waals surface area contributed by atoms with E-state index in [-0.39, 0.29) is 0 Å². The van der Waals surface area contributed by atoms with Crippen LogP contribution in [0.25, 0.3) is 0 Å². The number of hydrogen-bond acceptors (Lipinski definition) is 4. The lowest BCUT2D eigenvalue weighted by Gasteiger charge is -2.32. The number of morpholine rings is 1. The fourth-order valence-corrected chi connectivity index (χ4v) is 3.52. The molecule has 2 saturated heterocycles. The second-order valence-corrected chi connectivity index (χ2v) is 6.42. The van der Waals surface area contributed by atoms with Gasteiger partial charge < -0.3 is 14.7 Å². The first kappa shape index (κ1) is 14.8. The maximum absolute atomic E-state index is 11.4. The van der Waals surface area contributed by atoms with Gasteiger partial charge in [0.2, 0.25) is 0 Å². The maximum Gasteiger partial charge on any atom is 0.337 e. The summed E-state index contributed by atoms with van der Waals surface area (Å²) in [5, 5.41) is 9.39. The molecule has 1 unspecified atom stereocenters. The quantitative estimate of drug-likeness (QED) is 0.900. The van der Waals surface area contributed by atoms with Crippen LogP contribution in [0.2, 0.25) is 0 Å². The first-order chi connectivity index (χ1) is 10.1. The molecule has 5 nitrogen and oxygen atoms in total. The number of aromatic carboxylic acids is 1. The Kier molecular flexibility index (Phi) is 4.47. The standard InChI is InChI=1S/C15H19BrN2O3/c16-11-1-2-14(13(9-11)15(19)20)18-4-3-12(10-18)17-5-7-21-8-6-17/h1-2,9,12H,3-8,10H2,(H,19,20). The first-order valence-corrected chi connectivity index (χ1v) is 8.04. The van der Waals surface area contributed by atoms with Crippen LogP contribution in [-0.2, 0) is 4.74 Å². The predicted molar refractivity (Wildman–Crippen MR) is 84.1 cm³/mol. The highest BCUT2D eigenvalue weighted by atomic mass is 79.9. The van der Waals surface area contributed by atoms with Crippen LogP contribution < -0.4 is 4.90 Å². The van der Waals surface area contributed by atoms with Gasteiger partial charge in [-0.25, -0.2) is 4.79 Å². The minimum atomic E-state index is -0.874. The molecule has 1 atom stereocenters. The van der Waals surface area contributed by atoms with E-state index in [1.807, 2.05) is 12.1 Å². The molecule has 21 heavy (non-hydrogen) atoms. The predicted octanol–water partition coefficient (Wildman–Crippen LogP) is 2.06. The van der Waals surface area contributed by atoms with E-state index in [9.17, 15) is 9.90 Å². The highest BCUT2D eigenvalue weighted by Crippen LogP contribution is 2.29. The lowest BCUT2D eigenvalue weighted by molar-refractivity contribution is 0.0209. The summed E-state index contributed by atoms with van der Waals surface area (Å²) < 4.78 is 6.19. The van der Waals surface area contributed by atoms with Gasteiger partial charge in [0.05, 0.1) is 24.5 Å². The molecule has 2 aliphatic heterocycles. The number of carboxylic acid groups (broad SMARTS) is 1. The number of rotatable bonds is 3. The SMILES string of the molecule is O=C(O)c1cc(Br)ccc1N1CCC(N2CCOCC2)C1. The van der Waals surface area contributed by atoms with Crippen LogP contribution in [0.4, 0.5) is 5.69 Å². The Bertz CT molecular complexity index is 532. The zero-order valence-corrected chi connectivity index (χ0v) is 13.4. The topological polar surface area (TPSA) is 53.0 Å². The summed E-state index contributed by atoms with van der Waals surface area (Å²) in [5.74, 6) is -0.874. The van der Waals surface area contributed by atoms with Crippen molar-refractivity contribution in [3.05, 3.63) is 28.2 Å². The normalized spacial score (nSPS) is 23.5. The number of hydrogen-bond donors (Lipinski definition) is 1. The van der Waals surface area contributed by atoms with Crippen LogP contribution >= 0.6 is 15.9 Å². The van der Waals surface area contributed by atoms with E-state index in [4.69, 9.17) is 4.74 Å². The molecule has 0 bridgehead atoms. The molecule has 0 aromatic heterocycles. The van der Waals surface area contributed by atoms with E-state index >= 15 is 0 Å². The van der Waals surface area contributed by atoms with Gasteiger partial charge in [-0.05, 0) is 24.6 Å². The molecule has 1 N–H and O–H groups in total. The fourth-order valence-electron chi connectivity index (χ4n) is 3.16. The third-order valence-corrected chi connectivity index (χ3v) is 4.75. The van der Waals surface area contributed by atoms with Crippen molar-refractivity contribution in [2.45, 2.75) is 12.5 Å². The summed E-state index contributed by atoms with van der Waals surface area (Å²) in [4.78, 5) is 16.1. The Morgan fingerprint density at radius 2 is 2.05 bits per heavy atom. The molecule has 0 saturated carbocycles. The molecule has 114 valence electrons. The van der Waals surface area contributed by atoms with Crippen molar-refractivity contribution >= 4 is 27.6 Å². The average molecular weight is 355 g/mol. The smallest absolute Gasteiger partial charge is 0.337 e. The molecule has 2 heterocycles. The van der Waals surface area contributed by atoms with Crippen LogP contribution in [0, 0.1) is 0 Å².